The first kappa shape index (κ1) is 10.3. The van der Waals surface area contributed by atoms with Gasteiger partial charge in [-0.2, -0.15) is 0 Å². The molecule has 3 N–H and O–H groups in total. The highest BCUT2D eigenvalue weighted by molar-refractivity contribution is 5.58. The lowest BCUT2D eigenvalue weighted by Crippen LogP contribution is -2.26. The van der Waals surface area contributed by atoms with Gasteiger partial charge in [-0.1, -0.05) is 0 Å². The lowest BCUT2D eigenvalue weighted by molar-refractivity contribution is 0.750. The van der Waals surface area contributed by atoms with Crippen LogP contribution in [0.15, 0.2) is 30.6 Å². The average Bonchev–Trinajstić information content (AvgIpc) is 3.00. The fourth-order valence-electron chi connectivity index (χ4n) is 2.13. The Morgan fingerprint density at radius 3 is 2.82 bits per heavy atom. The summed E-state index contributed by atoms with van der Waals surface area (Å²) in [5.41, 5.74) is 7.82. The molecule has 0 spiro atoms. The minimum Gasteiger partial charge on any atom is -0.367 e. The van der Waals surface area contributed by atoms with Crippen molar-refractivity contribution in [2.75, 3.05) is 18.0 Å². The topological polar surface area (TPSA) is 70.8 Å². The number of hydrogen-bond donors (Lipinski definition) is 2. The summed E-state index contributed by atoms with van der Waals surface area (Å²) in [4.78, 5) is 5.19. The molecule has 0 aliphatic carbocycles. The second kappa shape index (κ2) is 4.18. The van der Waals surface area contributed by atoms with Crippen LogP contribution in [0.5, 0.6) is 0 Å². The summed E-state index contributed by atoms with van der Waals surface area (Å²) in [6.07, 6.45) is 4.82. The molecule has 0 radical (unpaired) electrons. The summed E-state index contributed by atoms with van der Waals surface area (Å²) in [6, 6.07) is 6.25. The zero-order valence-electron chi connectivity index (χ0n) is 9.50. The Balaban J connectivity index is 1.81. The van der Waals surface area contributed by atoms with E-state index < -0.39 is 0 Å². The summed E-state index contributed by atoms with van der Waals surface area (Å²) in [6.45, 7) is 1.84. The van der Waals surface area contributed by atoms with Crippen LogP contribution in [0.1, 0.15) is 6.42 Å². The third-order valence-electron chi connectivity index (χ3n) is 3.09. The van der Waals surface area contributed by atoms with Crippen LogP contribution in [0.2, 0.25) is 0 Å². The van der Waals surface area contributed by atoms with Gasteiger partial charge in [0.2, 0.25) is 0 Å². The van der Waals surface area contributed by atoms with Gasteiger partial charge in [0.1, 0.15) is 0 Å². The van der Waals surface area contributed by atoms with Gasteiger partial charge in [-0.3, -0.25) is 0 Å². The standard InChI is InChI=1S/C12H15N5/c13-10-4-6-17(8-10)12-2-1-11(15-16-12)9-3-5-14-7-9/h1-3,5,7,10,14H,4,6,8,13H2. The van der Waals surface area contributed by atoms with Crippen molar-refractivity contribution in [3.05, 3.63) is 30.6 Å². The van der Waals surface area contributed by atoms with Crippen LogP contribution in [0.4, 0.5) is 5.82 Å². The molecule has 1 saturated heterocycles. The molecule has 0 amide bonds. The van der Waals surface area contributed by atoms with Crippen molar-refractivity contribution in [1.29, 1.82) is 0 Å². The van der Waals surface area contributed by atoms with Crippen molar-refractivity contribution in [3.8, 4) is 11.3 Å². The monoisotopic (exact) mass is 229 g/mol. The van der Waals surface area contributed by atoms with Crippen LogP contribution in [0.3, 0.4) is 0 Å². The highest BCUT2D eigenvalue weighted by atomic mass is 15.3. The van der Waals surface area contributed by atoms with Gasteiger partial charge in [-0.25, -0.2) is 0 Å². The van der Waals surface area contributed by atoms with Gasteiger partial charge in [0.15, 0.2) is 5.82 Å². The Kier molecular flexibility index (Phi) is 2.53. The number of hydrogen-bond acceptors (Lipinski definition) is 4. The number of nitrogens with one attached hydrogen (secondary N) is 1. The third-order valence-corrected chi connectivity index (χ3v) is 3.09. The zero-order chi connectivity index (χ0) is 11.7. The molecule has 1 unspecified atom stereocenters. The van der Waals surface area contributed by atoms with Gasteiger partial charge < -0.3 is 15.6 Å². The highest BCUT2D eigenvalue weighted by Crippen LogP contribution is 2.20. The predicted molar refractivity (Wildman–Crippen MR) is 66.6 cm³/mol. The molecule has 17 heavy (non-hydrogen) atoms. The summed E-state index contributed by atoms with van der Waals surface area (Å²) in [5.74, 6) is 0.914. The molecular formula is C12H15N5. The van der Waals surface area contributed by atoms with Gasteiger partial charge >= 0.3 is 0 Å². The Morgan fingerprint density at radius 1 is 1.29 bits per heavy atom. The van der Waals surface area contributed by atoms with Gasteiger partial charge in [-0.15, -0.1) is 10.2 Å². The van der Waals surface area contributed by atoms with E-state index in [1.807, 2.05) is 30.6 Å². The van der Waals surface area contributed by atoms with E-state index in [0.29, 0.717) is 0 Å². The molecule has 0 aromatic carbocycles. The normalized spacial score (nSPS) is 19.8. The Hall–Kier alpha value is -1.88. The van der Waals surface area contributed by atoms with E-state index in [2.05, 4.69) is 20.1 Å². The van der Waals surface area contributed by atoms with Crippen molar-refractivity contribution in [3.63, 3.8) is 0 Å². The van der Waals surface area contributed by atoms with Crippen molar-refractivity contribution in [2.45, 2.75) is 12.5 Å². The first-order valence-corrected chi connectivity index (χ1v) is 5.80. The SMILES string of the molecule is NC1CCN(c2ccc(-c3cc[nH]c3)nn2)C1. The third kappa shape index (κ3) is 2.01. The van der Waals surface area contributed by atoms with E-state index in [9.17, 15) is 0 Å². The van der Waals surface area contributed by atoms with Crippen molar-refractivity contribution in [2.24, 2.45) is 5.73 Å². The molecule has 3 rings (SSSR count). The summed E-state index contributed by atoms with van der Waals surface area (Å²) >= 11 is 0. The first-order chi connectivity index (χ1) is 8.33. The van der Waals surface area contributed by atoms with E-state index >= 15 is 0 Å². The van der Waals surface area contributed by atoms with Crippen molar-refractivity contribution < 1.29 is 0 Å². The molecule has 1 fully saturated rings. The van der Waals surface area contributed by atoms with Crippen molar-refractivity contribution >= 4 is 5.82 Å². The number of anilines is 1. The molecule has 5 nitrogen and oxygen atoms in total. The van der Waals surface area contributed by atoms with Crippen LogP contribution < -0.4 is 10.6 Å². The fourth-order valence-corrected chi connectivity index (χ4v) is 2.13. The van der Waals surface area contributed by atoms with Gasteiger partial charge in [0.05, 0.1) is 5.69 Å². The smallest absolute Gasteiger partial charge is 0.151 e. The number of aromatic amines is 1. The first-order valence-electron chi connectivity index (χ1n) is 5.80. The highest BCUT2D eigenvalue weighted by Gasteiger charge is 2.20. The lowest BCUT2D eigenvalue weighted by atomic mass is 10.2. The van der Waals surface area contributed by atoms with Crippen molar-refractivity contribution in [1.82, 2.24) is 15.2 Å². The molecule has 0 saturated carbocycles. The average molecular weight is 229 g/mol. The van der Waals surface area contributed by atoms with E-state index in [1.54, 1.807) is 0 Å². The number of rotatable bonds is 2. The van der Waals surface area contributed by atoms with Gasteiger partial charge in [-0.05, 0) is 24.6 Å². The lowest BCUT2D eigenvalue weighted by Gasteiger charge is -2.15. The molecule has 1 aliphatic rings. The number of nitrogens with zero attached hydrogens (tertiary/aromatic N) is 3. The van der Waals surface area contributed by atoms with E-state index in [4.69, 9.17) is 5.73 Å². The van der Waals surface area contributed by atoms with Crippen LogP contribution in [0, 0.1) is 0 Å². The Morgan fingerprint density at radius 2 is 2.24 bits per heavy atom. The second-order valence-corrected chi connectivity index (χ2v) is 4.37. The maximum atomic E-state index is 5.88. The van der Waals surface area contributed by atoms with E-state index in [-0.39, 0.29) is 6.04 Å². The molecule has 3 heterocycles. The molecular weight excluding hydrogens is 214 g/mol. The summed E-state index contributed by atoms with van der Waals surface area (Å²) in [7, 11) is 0. The van der Waals surface area contributed by atoms with Gasteiger partial charge in [0, 0.05) is 37.1 Å². The molecule has 2 aromatic rings. The Bertz CT molecular complexity index is 476. The predicted octanol–water partition coefficient (Wildman–Crippen LogP) is 1.01. The Labute approximate surface area is 99.7 Å². The number of nitrogens with two attached hydrogens (primary N) is 1. The zero-order valence-corrected chi connectivity index (χ0v) is 9.50. The minimum atomic E-state index is 0.265. The van der Waals surface area contributed by atoms with E-state index in [1.165, 1.54) is 0 Å². The summed E-state index contributed by atoms with van der Waals surface area (Å²) < 4.78 is 0. The quantitative estimate of drug-likeness (QED) is 0.806. The van der Waals surface area contributed by atoms with Crippen LogP contribution in [-0.4, -0.2) is 34.3 Å². The molecule has 2 aromatic heterocycles. The van der Waals surface area contributed by atoms with Gasteiger partial charge in [0.25, 0.3) is 0 Å². The molecule has 88 valence electrons. The van der Waals surface area contributed by atoms with Crippen LogP contribution in [-0.2, 0) is 0 Å². The fraction of sp³-hybridized carbons (Fsp3) is 0.333. The van der Waals surface area contributed by atoms with E-state index in [0.717, 1.165) is 36.6 Å². The second-order valence-electron chi connectivity index (χ2n) is 4.37. The van der Waals surface area contributed by atoms with Crippen LogP contribution >= 0.6 is 0 Å². The summed E-state index contributed by atoms with van der Waals surface area (Å²) in [5, 5.41) is 8.50. The molecule has 5 heteroatoms. The maximum Gasteiger partial charge on any atom is 0.151 e. The molecule has 1 aliphatic heterocycles. The minimum absolute atomic E-state index is 0.265. The number of aromatic nitrogens is 3. The maximum absolute atomic E-state index is 5.88. The largest absolute Gasteiger partial charge is 0.367 e. The molecule has 1 atom stereocenters. The number of H-pyrrole nitrogens is 1. The molecule has 0 bridgehead atoms. The van der Waals surface area contributed by atoms with Crippen LogP contribution in [0.25, 0.3) is 11.3 Å².